The molecule has 0 unspecified atom stereocenters. The van der Waals surface area contributed by atoms with Gasteiger partial charge in [-0.15, -0.1) is 0 Å². The fourth-order valence-corrected chi connectivity index (χ4v) is 3.08. The zero-order valence-corrected chi connectivity index (χ0v) is 14.4. The minimum absolute atomic E-state index is 0.213. The average molecular weight is 363 g/mol. The normalized spacial score (nSPS) is 10.9. The molecule has 0 bridgehead atoms. The Morgan fingerprint density at radius 2 is 1.74 bits per heavy atom. The van der Waals surface area contributed by atoms with Crippen LogP contribution in [0.25, 0.3) is 22.2 Å². The lowest BCUT2D eigenvalue weighted by Crippen LogP contribution is -2.16. The smallest absolute Gasteiger partial charge is 0.262 e. The number of para-hydroxylation sites is 1. The lowest BCUT2D eigenvalue weighted by molar-refractivity contribution is 0.101. The molecular weight excluding hydrogens is 348 g/mol. The highest BCUT2D eigenvalue weighted by molar-refractivity contribution is 6.04. The molecule has 0 atom stereocenters. The number of aromatic nitrogens is 2. The largest absolute Gasteiger partial charge is 0.344 e. The van der Waals surface area contributed by atoms with Crippen LogP contribution in [0, 0.1) is 11.6 Å². The van der Waals surface area contributed by atoms with Gasteiger partial charge in [-0.25, -0.2) is 13.8 Å². The molecule has 0 saturated carbocycles. The van der Waals surface area contributed by atoms with E-state index in [0.29, 0.717) is 0 Å². The minimum atomic E-state index is -0.917. The van der Waals surface area contributed by atoms with Crippen molar-refractivity contribution >= 4 is 22.6 Å². The second kappa shape index (κ2) is 6.64. The van der Waals surface area contributed by atoms with E-state index in [-0.39, 0.29) is 5.82 Å². The molecule has 27 heavy (non-hydrogen) atoms. The van der Waals surface area contributed by atoms with Crippen molar-refractivity contribution < 1.29 is 13.6 Å². The van der Waals surface area contributed by atoms with Gasteiger partial charge >= 0.3 is 0 Å². The van der Waals surface area contributed by atoms with Crippen molar-refractivity contribution in [2.24, 2.45) is 7.05 Å². The lowest BCUT2D eigenvalue weighted by Gasteiger charge is -2.08. The number of amides is 1. The minimum Gasteiger partial charge on any atom is -0.344 e. The highest BCUT2D eigenvalue weighted by Gasteiger charge is 2.17. The summed E-state index contributed by atoms with van der Waals surface area (Å²) in [7, 11) is 1.97. The Kier molecular flexibility index (Phi) is 4.16. The molecule has 6 heteroatoms. The van der Waals surface area contributed by atoms with Gasteiger partial charge in [0.1, 0.15) is 23.0 Å². The van der Waals surface area contributed by atoms with Crippen LogP contribution in [0.3, 0.4) is 0 Å². The molecule has 0 aliphatic rings. The summed E-state index contributed by atoms with van der Waals surface area (Å²) in [4.78, 5) is 16.3. The number of rotatable bonds is 3. The first-order chi connectivity index (χ1) is 13.0. The summed E-state index contributed by atoms with van der Waals surface area (Å²) in [5, 5.41) is 3.54. The second-order valence-corrected chi connectivity index (χ2v) is 6.13. The molecule has 2 aromatic heterocycles. The summed E-state index contributed by atoms with van der Waals surface area (Å²) in [6, 6.07) is 16.8. The van der Waals surface area contributed by atoms with Crippen molar-refractivity contribution in [2.75, 3.05) is 5.32 Å². The predicted octanol–water partition coefficient (Wildman–Crippen LogP) is 4.77. The number of hydrogen-bond donors (Lipinski definition) is 1. The van der Waals surface area contributed by atoms with E-state index in [1.54, 1.807) is 18.3 Å². The molecule has 4 rings (SSSR count). The Hall–Kier alpha value is -3.54. The third-order valence-corrected chi connectivity index (χ3v) is 4.44. The molecule has 0 aliphatic carbocycles. The van der Waals surface area contributed by atoms with E-state index in [2.05, 4.69) is 20.9 Å². The molecule has 2 heterocycles. The van der Waals surface area contributed by atoms with E-state index in [9.17, 15) is 13.6 Å². The number of halogens is 2. The number of anilines is 1. The number of benzene rings is 2. The predicted molar refractivity (Wildman–Crippen MR) is 100 cm³/mol. The number of aryl methyl sites for hydroxylation is 1. The highest BCUT2D eigenvalue weighted by Crippen LogP contribution is 2.27. The highest BCUT2D eigenvalue weighted by atomic mass is 19.1. The molecule has 0 fully saturated rings. The maximum atomic E-state index is 13.7. The fourth-order valence-electron chi connectivity index (χ4n) is 3.08. The van der Waals surface area contributed by atoms with Crippen molar-refractivity contribution in [2.45, 2.75) is 0 Å². The Morgan fingerprint density at radius 1 is 1.00 bits per heavy atom. The molecule has 1 amide bonds. The number of nitrogens with one attached hydrogen (secondary N) is 1. The van der Waals surface area contributed by atoms with Crippen molar-refractivity contribution in [3.05, 3.63) is 84.1 Å². The van der Waals surface area contributed by atoms with Crippen LogP contribution in [0.4, 0.5) is 14.6 Å². The summed E-state index contributed by atoms with van der Waals surface area (Å²) in [5.74, 6) is -2.50. The molecular formula is C21H15F2N3O. The summed E-state index contributed by atoms with van der Waals surface area (Å²) in [5.41, 5.74) is 2.31. The Labute approximate surface area is 154 Å². The summed E-state index contributed by atoms with van der Waals surface area (Å²) in [6.07, 6.45) is 1.61. The topological polar surface area (TPSA) is 46.9 Å². The molecule has 4 nitrogen and oxygen atoms in total. The van der Waals surface area contributed by atoms with Gasteiger partial charge in [-0.3, -0.25) is 4.79 Å². The second-order valence-electron chi connectivity index (χ2n) is 6.13. The van der Waals surface area contributed by atoms with Gasteiger partial charge in [0.15, 0.2) is 0 Å². The van der Waals surface area contributed by atoms with Crippen LogP contribution in [-0.2, 0) is 7.05 Å². The van der Waals surface area contributed by atoms with Crippen LogP contribution in [0.1, 0.15) is 10.4 Å². The van der Waals surface area contributed by atoms with Gasteiger partial charge in [-0.1, -0.05) is 24.3 Å². The van der Waals surface area contributed by atoms with Crippen LogP contribution in [0.2, 0.25) is 0 Å². The Balaban J connectivity index is 1.60. The van der Waals surface area contributed by atoms with E-state index in [4.69, 9.17) is 0 Å². The van der Waals surface area contributed by atoms with Crippen LogP contribution in [-0.4, -0.2) is 15.5 Å². The molecule has 0 saturated heterocycles. The van der Waals surface area contributed by atoms with E-state index < -0.39 is 23.1 Å². The van der Waals surface area contributed by atoms with Crippen molar-refractivity contribution in [1.29, 1.82) is 0 Å². The molecule has 4 aromatic rings. The van der Waals surface area contributed by atoms with Crippen LogP contribution >= 0.6 is 0 Å². The number of nitrogens with zero attached hydrogens (tertiary/aromatic N) is 2. The van der Waals surface area contributed by atoms with Gasteiger partial charge in [0.05, 0.1) is 5.69 Å². The Morgan fingerprint density at radius 3 is 2.41 bits per heavy atom. The average Bonchev–Trinajstić information content (AvgIpc) is 2.99. The number of hydrogen-bond acceptors (Lipinski definition) is 2. The number of carbonyl (C=O) groups is 1. The van der Waals surface area contributed by atoms with Crippen molar-refractivity contribution in [1.82, 2.24) is 9.55 Å². The number of fused-ring (bicyclic) bond motifs is 1. The van der Waals surface area contributed by atoms with Gasteiger partial charge in [-0.05, 0) is 36.4 Å². The maximum Gasteiger partial charge on any atom is 0.262 e. The molecule has 0 radical (unpaired) electrons. The van der Waals surface area contributed by atoms with E-state index >= 15 is 0 Å². The first kappa shape index (κ1) is 16.9. The van der Waals surface area contributed by atoms with Gasteiger partial charge in [0.25, 0.3) is 5.91 Å². The summed E-state index contributed by atoms with van der Waals surface area (Å²) in [6.45, 7) is 0. The molecule has 0 aliphatic heterocycles. The maximum absolute atomic E-state index is 13.7. The van der Waals surface area contributed by atoms with E-state index in [1.165, 1.54) is 6.07 Å². The van der Waals surface area contributed by atoms with Gasteiger partial charge in [0.2, 0.25) is 0 Å². The molecule has 0 spiro atoms. The van der Waals surface area contributed by atoms with Crippen molar-refractivity contribution in [3.63, 3.8) is 0 Å². The van der Waals surface area contributed by atoms with Crippen LogP contribution in [0.15, 0.2) is 66.9 Å². The fraction of sp³-hybridized carbons (Fsp3) is 0.0476. The molecule has 1 N–H and O–H groups in total. The zero-order valence-electron chi connectivity index (χ0n) is 14.4. The quantitative estimate of drug-likeness (QED) is 0.570. The SMILES string of the molecule is Cn1c(-c2ccc(NC(=O)c3c(F)cccc3F)nc2)cc2ccccc21. The first-order valence-corrected chi connectivity index (χ1v) is 8.31. The summed E-state index contributed by atoms with van der Waals surface area (Å²) < 4.78 is 29.5. The number of pyridine rings is 1. The van der Waals surface area contributed by atoms with Crippen LogP contribution < -0.4 is 5.32 Å². The van der Waals surface area contributed by atoms with Gasteiger partial charge in [-0.2, -0.15) is 0 Å². The van der Waals surface area contributed by atoms with Gasteiger partial charge < -0.3 is 9.88 Å². The molecule has 134 valence electrons. The summed E-state index contributed by atoms with van der Waals surface area (Å²) >= 11 is 0. The number of carbonyl (C=O) groups excluding carboxylic acids is 1. The van der Waals surface area contributed by atoms with E-state index in [1.807, 2.05) is 31.3 Å². The van der Waals surface area contributed by atoms with E-state index in [0.717, 1.165) is 34.3 Å². The third kappa shape index (κ3) is 3.06. The van der Waals surface area contributed by atoms with Crippen molar-refractivity contribution in [3.8, 4) is 11.3 Å². The van der Waals surface area contributed by atoms with Crippen LogP contribution in [0.5, 0.6) is 0 Å². The first-order valence-electron chi connectivity index (χ1n) is 8.31. The third-order valence-electron chi connectivity index (χ3n) is 4.44. The monoisotopic (exact) mass is 363 g/mol. The standard InChI is InChI=1S/C21H15F2N3O/c1-26-17-8-3-2-5-13(17)11-18(26)14-9-10-19(24-12-14)25-21(27)20-15(22)6-4-7-16(20)23/h2-12H,1H3,(H,24,25,27). The molecule has 2 aromatic carbocycles. The Bertz CT molecular complexity index is 1130. The lowest BCUT2D eigenvalue weighted by atomic mass is 10.1. The van der Waals surface area contributed by atoms with Gasteiger partial charge in [0, 0.05) is 29.7 Å². The zero-order chi connectivity index (χ0) is 19.0.